The first-order chi connectivity index (χ1) is 15.0. The Balaban J connectivity index is 1.60. The Hall–Kier alpha value is -2.37. The molecule has 2 aromatic rings. The first kappa shape index (κ1) is 21.8. The van der Waals surface area contributed by atoms with E-state index in [1.807, 2.05) is 25.1 Å². The van der Waals surface area contributed by atoms with Crippen LogP contribution in [0.15, 0.2) is 18.2 Å². The van der Waals surface area contributed by atoms with E-state index < -0.39 is 0 Å². The molecule has 2 heterocycles. The summed E-state index contributed by atoms with van der Waals surface area (Å²) in [6.45, 7) is 6.33. The van der Waals surface area contributed by atoms with Crippen molar-refractivity contribution in [1.82, 2.24) is 14.9 Å². The third kappa shape index (κ3) is 4.78. The van der Waals surface area contributed by atoms with E-state index in [1.165, 1.54) is 25.7 Å². The Morgan fingerprint density at radius 3 is 2.68 bits per heavy atom. The average Bonchev–Trinajstić information content (AvgIpc) is 3.36. The molecule has 1 saturated carbocycles. The molecule has 1 aliphatic carbocycles. The van der Waals surface area contributed by atoms with Crippen LogP contribution in [0.3, 0.4) is 0 Å². The van der Waals surface area contributed by atoms with Gasteiger partial charge in [-0.05, 0) is 43.9 Å². The molecule has 1 aromatic heterocycles. The van der Waals surface area contributed by atoms with Gasteiger partial charge in [-0.25, -0.2) is 4.98 Å². The minimum atomic E-state index is -0.250. The van der Waals surface area contributed by atoms with Crippen molar-refractivity contribution in [3.63, 3.8) is 0 Å². The summed E-state index contributed by atoms with van der Waals surface area (Å²) in [5.74, 6) is 1.49. The van der Waals surface area contributed by atoms with E-state index in [-0.39, 0.29) is 30.4 Å². The number of imidazole rings is 1. The largest absolute Gasteiger partial charge is 0.463 e. The molecular formula is C25H35N3O3. The van der Waals surface area contributed by atoms with Crippen LogP contribution >= 0.6 is 0 Å². The molecule has 2 aliphatic rings. The van der Waals surface area contributed by atoms with E-state index in [0.717, 1.165) is 42.0 Å². The monoisotopic (exact) mass is 425 g/mol. The van der Waals surface area contributed by atoms with Crippen molar-refractivity contribution in [2.45, 2.75) is 96.7 Å². The van der Waals surface area contributed by atoms with Crippen molar-refractivity contribution >= 4 is 22.9 Å². The van der Waals surface area contributed by atoms with Gasteiger partial charge >= 0.3 is 5.97 Å². The molecule has 6 nitrogen and oxygen atoms in total. The summed E-state index contributed by atoms with van der Waals surface area (Å²) in [5.41, 5.74) is 2.61. The van der Waals surface area contributed by atoms with Gasteiger partial charge in [0.25, 0.3) is 5.91 Å². The van der Waals surface area contributed by atoms with Crippen LogP contribution in [0.4, 0.5) is 0 Å². The van der Waals surface area contributed by atoms with Crippen molar-refractivity contribution in [1.29, 1.82) is 0 Å². The number of carbonyl (C=O) groups excluding carboxylic acids is 2. The predicted octanol–water partition coefficient (Wildman–Crippen LogP) is 4.95. The van der Waals surface area contributed by atoms with Gasteiger partial charge in [0.2, 0.25) is 0 Å². The quantitative estimate of drug-likeness (QED) is 0.637. The highest BCUT2D eigenvalue weighted by atomic mass is 16.5. The lowest BCUT2D eigenvalue weighted by Gasteiger charge is -2.27. The van der Waals surface area contributed by atoms with Crippen LogP contribution in [0.5, 0.6) is 0 Å². The Labute approximate surface area is 184 Å². The maximum atomic E-state index is 12.9. The number of hydrogen-bond donors (Lipinski definition) is 1. The second kappa shape index (κ2) is 9.41. The van der Waals surface area contributed by atoms with E-state index in [9.17, 15) is 9.59 Å². The minimum Gasteiger partial charge on any atom is -0.463 e. The van der Waals surface area contributed by atoms with Crippen LogP contribution < -0.4 is 5.32 Å². The molecule has 168 valence electrons. The van der Waals surface area contributed by atoms with Gasteiger partial charge in [0.05, 0.1) is 17.5 Å². The van der Waals surface area contributed by atoms with Crippen molar-refractivity contribution < 1.29 is 14.3 Å². The third-order valence-electron chi connectivity index (χ3n) is 6.98. The second-order valence-corrected chi connectivity index (χ2v) is 9.34. The van der Waals surface area contributed by atoms with Crippen molar-refractivity contribution in [3.05, 3.63) is 29.6 Å². The molecular weight excluding hydrogens is 390 g/mol. The second-order valence-electron chi connectivity index (χ2n) is 9.34. The number of esters is 1. The predicted molar refractivity (Wildman–Crippen MR) is 121 cm³/mol. The first-order valence-corrected chi connectivity index (χ1v) is 12.0. The van der Waals surface area contributed by atoms with Crippen LogP contribution in [-0.2, 0) is 16.0 Å². The van der Waals surface area contributed by atoms with Crippen molar-refractivity contribution in [2.75, 3.05) is 0 Å². The van der Waals surface area contributed by atoms with E-state index in [2.05, 4.69) is 23.7 Å². The Morgan fingerprint density at radius 1 is 1.26 bits per heavy atom. The zero-order valence-corrected chi connectivity index (χ0v) is 19.0. The van der Waals surface area contributed by atoms with Gasteiger partial charge in [-0.3, -0.25) is 9.59 Å². The summed E-state index contributed by atoms with van der Waals surface area (Å²) in [5, 5.41) is 3.01. The van der Waals surface area contributed by atoms with Crippen LogP contribution in [0, 0.1) is 5.92 Å². The van der Waals surface area contributed by atoms with Crippen molar-refractivity contribution in [3.8, 4) is 0 Å². The lowest BCUT2D eigenvalue weighted by Crippen LogP contribution is -2.43. The van der Waals surface area contributed by atoms with Gasteiger partial charge in [0, 0.05) is 30.5 Å². The highest BCUT2D eigenvalue weighted by molar-refractivity contribution is 5.97. The van der Waals surface area contributed by atoms with E-state index in [4.69, 9.17) is 9.72 Å². The normalized spacial score (nSPS) is 22.3. The molecule has 0 bridgehead atoms. The lowest BCUT2D eigenvalue weighted by atomic mass is 10.0. The SMILES string of the molecule is CCC(CC)n1c(CC2CCCC2)nc2cc(C(=O)NC3CC(=O)OC(C)C3)ccc21. The number of amides is 1. The van der Waals surface area contributed by atoms with Crippen LogP contribution in [-0.4, -0.2) is 33.6 Å². The highest BCUT2D eigenvalue weighted by Crippen LogP contribution is 2.32. The number of nitrogens with zero attached hydrogens (tertiary/aromatic N) is 2. The number of cyclic esters (lactones) is 1. The number of ether oxygens (including phenoxy) is 1. The number of fused-ring (bicyclic) bond motifs is 1. The Kier molecular flexibility index (Phi) is 6.63. The molecule has 2 atom stereocenters. The van der Waals surface area contributed by atoms with Gasteiger partial charge in [-0.1, -0.05) is 39.5 Å². The van der Waals surface area contributed by atoms with Crippen LogP contribution in [0.1, 0.15) is 94.4 Å². The molecule has 2 unspecified atom stereocenters. The number of benzene rings is 1. The molecule has 1 amide bonds. The molecule has 0 spiro atoms. The average molecular weight is 426 g/mol. The zero-order valence-electron chi connectivity index (χ0n) is 19.0. The molecule has 1 aromatic carbocycles. The maximum Gasteiger partial charge on any atom is 0.308 e. The van der Waals surface area contributed by atoms with Gasteiger partial charge in [-0.15, -0.1) is 0 Å². The zero-order chi connectivity index (χ0) is 22.0. The van der Waals surface area contributed by atoms with Gasteiger partial charge < -0.3 is 14.6 Å². The summed E-state index contributed by atoms with van der Waals surface area (Å²) < 4.78 is 7.60. The smallest absolute Gasteiger partial charge is 0.308 e. The molecule has 0 radical (unpaired) electrons. The van der Waals surface area contributed by atoms with Crippen molar-refractivity contribution in [2.24, 2.45) is 5.92 Å². The number of carbonyl (C=O) groups is 2. The molecule has 1 N–H and O–H groups in total. The highest BCUT2D eigenvalue weighted by Gasteiger charge is 2.28. The standard InChI is InChI=1S/C25H35N3O3/c1-4-20(5-2)28-22-11-10-18(25(30)26-19-12-16(3)31-24(29)15-19)14-21(22)27-23(28)13-17-8-6-7-9-17/h10-11,14,16-17,19-20H,4-9,12-13,15H2,1-3H3,(H,26,30). The molecule has 6 heteroatoms. The number of rotatable bonds is 7. The fourth-order valence-electron chi connectivity index (χ4n) is 5.35. The molecule has 2 fully saturated rings. The van der Waals surface area contributed by atoms with Gasteiger partial charge in [0.1, 0.15) is 11.9 Å². The topological polar surface area (TPSA) is 73.2 Å². The summed E-state index contributed by atoms with van der Waals surface area (Å²) >= 11 is 0. The first-order valence-electron chi connectivity index (χ1n) is 12.0. The summed E-state index contributed by atoms with van der Waals surface area (Å²) in [4.78, 5) is 29.6. The third-order valence-corrected chi connectivity index (χ3v) is 6.98. The summed E-state index contributed by atoms with van der Waals surface area (Å²) in [7, 11) is 0. The van der Waals surface area contributed by atoms with Gasteiger partial charge in [-0.2, -0.15) is 0 Å². The summed E-state index contributed by atoms with van der Waals surface area (Å²) in [6.07, 6.45) is 9.11. The fourth-order valence-corrected chi connectivity index (χ4v) is 5.35. The number of aromatic nitrogens is 2. The lowest BCUT2D eigenvalue weighted by molar-refractivity contribution is -0.153. The van der Waals surface area contributed by atoms with Crippen LogP contribution in [0.2, 0.25) is 0 Å². The maximum absolute atomic E-state index is 12.9. The van der Waals surface area contributed by atoms with Gasteiger partial charge in [0.15, 0.2) is 0 Å². The minimum absolute atomic E-state index is 0.150. The van der Waals surface area contributed by atoms with E-state index in [0.29, 0.717) is 18.0 Å². The summed E-state index contributed by atoms with van der Waals surface area (Å²) in [6, 6.07) is 6.09. The Bertz CT molecular complexity index is 941. The fraction of sp³-hybridized carbons (Fsp3) is 0.640. The van der Waals surface area contributed by atoms with E-state index in [1.54, 1.807) is 0 Å². The molecule has 31 heavy (non-hydrogen) atoms. The van der Waals surface area contributed by atoms with E-state index >= 15 is 0 Å². The van der Waals surface area contributed by atoms with Crippen LogP contribution in [0.25, 0.3) is 11.0 Å². The molecule has 1 saturated heterocycles. The Morgan fingerprint density at radius 2 is 2.00 bits per heavy atom. The molecule has 4 rings (SSSR count). The number of hydrogen-bond acceptors (Lipinski definition) is 4. The molecule has 1 aliphatic heterocycles. The number of nitrogens with one attached hydrogen (secondary N) is 1.